The van der Waals surface area contributed by atoms with Gasteiger partial charge in [-0.05, 0) is 72.6 Å². The zero-order chi connectivity index (χ0) is 22.2. The number of ether oxygens (including phenoxy) is 1. The van der Waals surface area contributed by atoms with Crippen LogP contribution in [-0.4, -0.2) is 24.0 Å². The second-order valence-corrected chi connectivity index (χ2v) is 7.35. The summed E-state index contributed by atoms with van der Waals surface area (Å²) in [4.78, 5) is 35.9. The minimum atomic E-state index is -0.889. The lowest BCUT2D eigenvalue weighted by Gasteiger charge is -2.06. The van der Waals surface area contributed by atoms with E-state index in [9.17, 15) is 14.4 Å². The number of para-hydroxylation sites is 1. The minimum Gasteiger partial charge on any atom is -0.423 e. The van der Waals surface area contributed by atoms with Crippen LogP contribution in [0.15, 0.2) is 82.4 Å². The molecule has 2 N–H and O–H groups in total. The third-order valence-corrected chi connectivity index (χ3v) is 4.68. The first kappa shape index (κ1) is 21.9. The van der Waals surface area contributed by atoms with Gasteiger partial charge in [0.25, 0.3) is 0 Å². The zero-order valence-corrected chi connectivity index (χ0v) is 18.0. The van der Waals surface area contributed by atoms with Crippen LogP contribution in [-0.2, 0) is 9.59 Å². The molecule has 156 valence electrons. The quantitative estimate of drug-likeness (QED) is 0.189. The Labute approximate surface area is 187 Å². The first-order chi connectivity index (χ1) is 14.9. The molecule has 0 radical (unpaired) electrons. The molecule has 3 aromatic carbocycles. The van der Waals surface area contributed by atoms with Crippen LogP contribution in [0.1, 0.15) is 21.5 Å². The van der Waals surface area contributed by atoms with Gasteiger partial charge in [-0.25, -0.2) is 10.2 Å². The second kappa shape index (κ2) is 10.3. The smallest absolute Gasteiger partial charge is 0.343 e. The average molecular weight is 480 g/mol. The molecule has 0 spiro atoms. The summed E-state index contributed by atoms with van der Waals surface area (Å²) in [5.41, 5.74) is 4.64. The summed E-state index contributed by atoms with van der Waals surface area (Å²) >= 11 is 3.31. The summed E-state index contributed by atoms with van der Waals surface area (Å²) in [5.74, 6) is -1.81. The lowest BCUT2D eigenvalue weighted by atomic mass is 10.2. The summed E-state index contributed by atoms with van der Waals surface area (Å²) in [6, 6.07) is 20.5. The van der Waals surface area contributed by atoms with Gasteiger partial charge >= 0.3 is 17.8 Å². The Hall–Kier alpha value is -3.78. The van der Waals surface area contributed by atoms with Gasteiger partial charge in [0.15, 0.2) is 0 Å². The first-order valence-corrected chi connectivity index (χ1v) is 9.99. The molecular formula is C23H18BrN3O4. The molecule has 0 saturated heterocycles. The van der Waals surface area contributed by atoms with Crippen molar-refractivity contribution in [2.24, 2.45) is 5.10 Å². The summed E-state index contributed by atoms with van der Waals surface area (Å²) in [7, 11) is 0. The standard InChI is InChI=1S/C23H18BrN3O4/c1-15-4-2-3-5-20(15)26-21(28)22(29)27-25-14-16-6-12-19(13-7-16)31-23(30)17-8-10-18(24)11-9-17/h2-14H,1H3,(H,26,28)(H,27,29). The predicted molar refractivity (Wildman–Crippen MR) is 121 cm³/mol. The number of amides is 2. The number of nitrogens with zero attached hydrogens (tertiary/aromatic N) is 1. The van der Waals surface area contributed by atoms with Gasteiger partial charge in [0, 0.05) is 10.2 Å². The number of anilines is 1. The van der Waals surface area contributed by atoms with Crippen LogP contribution < -0.4 is 15.5 Å². The molecule has 0 fully saturated rings. The van der Waals surface area contributed by atoms with Gasteiger partial charge in [0.05, 0.1) is 11.8 Å². The van der Waals surface area contributed by atoms with E-state index in [2.05, 4.69) is 31.8 Å². The zero-order valence-electron chi connectivity index (χ0n) is 16.5. The van der Waals surface area contributed by atoms with Crippen LogP contribution in [0.25, 0.3) is 0 Å². The molecule has 0 heterocycles. The number of rotatable bonds is 5. The van der Waals surface area contributed by atoms with Crippen molar-refractivity contribution in [3.05, 3.63) is 94.0 Å². The molecule has 2 amide bonds. The number of benzene rings is 3. The van der Waals surface area contributed by atoms with Crippen LogP contribution in [0.2, 0.25) is 0 Å². The highest BCUT2D eigenvalue weighted by atomic mass is 79.9. The molecule has 3 rings (SSSR count). The molecule has 0 aliphatic heterocycles. The fraction of sp³-hybridized carbons (Fsp3) is 0.0435. The van der Waals surface area contributed by atoms with Crippen molar-refractivity contribution in [1.29, 1.82) is 0 Å². The average Bonchev–Trinajstić information content (AvgIpc) is 2.77. The minimum absolute atomic E-state index is 0.367. The van der Waals surface area contributed by atoms with Gasteiger partial charge < -0.3 is 10.1 Å². The van der Waals surface area contributed by atoms with Crippen molar-refractivity contribution in [2.75, 3.05) is 5.32 Å². The Morgan fingerprint density at radius 3 is 2.26 bits per heavy atom. The highest BCUT2D eigenvalue weighted by Crippen LogP contribution is 2.16. The fourth-order valence-electron chi connectivity index (χ4n) is 2.48. The number of hydrazone groups is 1. The maximum Gasteiger partial charge on any atom is 0.343 e. The topological polar surface area (TPSA) is 96.9 Å². The molecule has 7 nitrogen and oxygen atoms in total. The van der Waals surface area contributed by atoms with Gasteiger partial charge in [-0.3, -0.25) is 9.59 Å². The van der Waals surface area contributed by atoms with E-state index in [1.165, 1.54) is 6.21 Å². The number of hydrogen-bond acceptors (Lipinski definition) is 5. The van der Waals surface area contributed by atoms with E-state index in [1.807, 2.05) is 19.1 Å². The van der Waals surface area contributed by atoms with E-state index in [0.717, 1.165) is 10.0 Å². The van der Waals surface area contributed by atoms with E-state index in [0.29, 0.717) is 22.6 Å². The molecule has 3 aromatic rings. The van der Waals surface area contributed by atoms with Crippen LogP contribution in [0, 0.1) is 6.92 Å². The monoisotopic (exact) mass is 479 g/mol. The number of nitrogens with one attached hydrogen (secondary N) is 2. The number of esters is 1. The number of hydrogen-bond donors (Lipinski definition) is 2. The molecule has 0 aromatic heterocycles. The first-order valence-electron chi connectivity index (χ1n) is 9.20. The lowest BCUT2D eigenvalue weighted by molar-refractivity contribution is -0.136. The molecule has 0 saturated carbocycles. The van der Waals surface area contributed by atoms with E-state index >= 15 is 0 Å². The summed E-state index contributed by atoms with van der Waals surface area (Å²) < 4.78 is 6.18. The van der Waals surface area contributed by atoms with Gasteiger partial charge in [-0.15, -0.1) is 0 Å². The van der Waals surface area contributed by atoms with Crippen molar-refractivity contribution in [2.45, 2.75) is 6.92 Å². The maximum absolute atomic E-state index is 12.1. The Balaban J connectivity index is 1.51. The molecule has 31 heavy (non-hydrogen) atoms. The van der Waals surface area contributed by atoms with Crippen LogP contribution in [0.5, 0.6) is 5.75 Å². The number of halogens is 1. The second-order valence-electron chi connectivity index (χ2n) is 6.43. The molecule has 0 atom stereocenters. The Kier molecular flexibility index (Phi) is 7.29. The van der Waals surface area contributed by atoms with Gasteiger partial charge in [-0.1, -0.05) is 34.1 Å². The molecule has 0 aliphatic rings. The molecule has 0 bridgehead atoms. The number of aryl methyl sites for hydroxylation is 1. The number of carbonyl (C=O) groups excluding carboxylic acids is 3. The largest absolute Gasteiger partial charge is 0.423 e. The molecular weight excluding hydrogens is 462 g/mol. The highest BCUT2D eigenvalue weighted by Gasteiger charge is 2.13. The van der Waals surface area contributed by atoms with Gasteiger partial charge in [0.2, 0.25) is 0 Å². The van der Waals surface area contributed by atoms with E-state index < -0.39 is 17.8 Å². The van der Waals surface area contributed by atoms with Gasteiger partial charge in [0.1, 0.15) is 5.75 Å². The fourth-order valence-corrected chi connectivity index (χ4v) is 2.75. The van der Waals surface area contributed by atoms with Crippen LogP contribution in [0.3, 0.4) is 0 Å². The van der Waals surface area contributed by atoms with Crippen molar-refractivity contribution in [1.82, 2.24) is 5.43 Å². The van der Waals surface area contributed by atoms with Crippen molar-refractivity contribution in [3.8, 4) is 5.75 Å². The Morgan fingerprint density at radius 1 is 0.903 bits per heavy atom. The third kappa shape index (κ3) is 6.35. The number of carbonyl (C=O) groups is 3. The Bertz CT molecular complexity index is 1130. The maximum atomic E-state index is 12.1. The van der Waals surface area contributed by atoms with Crippen molar-refractivity contribution >= 4 is 45.6 Å². The van der Waals surface area contributed by atoms with Crippen molar-refractivity contribution in [3.63, 3.8) is 0 Å². The Morgan fingerprint density at radius 2 is 1.58 bits per heavy atom. The normalized spacial score (nSPS) is 10.5. The lowest BCUT2D eigenvalue weighted by Crippen LogP contribution is -2.32. The molecule has 0 unspecified atom stereocenters. The van der Waals surface area contributed by atoms with Crippen LogP contribution >= 0.6 is 15.9 Å². The van der Waals surface area contributed by atoms with E-state index in [4.69, 9.17) is 4.74 Å². The molecule has 0 aliphatic carbocycles. The van der Waals surface area contributed by atoms with E-state index in [-0.39, 0.29) is 0 Å². The van der Waals surface area contributed by atoms with E-state index in [1.54, 1.807) is 60.7 Å². The van der Waals surface area contributed by atoms with Crippen molar-refractivity contribution < 1.29 is 19.1 Å². The summed E-state index contributed by atoms with van der Waals surface area (Å²) in [6.07, 6.45) is 1.37. The SMILES string of the molecule is Cc1ccccc1NC(=O)C(=O)NN=Cc1ccc(OC(=O)c2ccc(Br)cc2)cc1. The predicted octanol–water partition coefficient (Wildman–Crippen LogP) is 4.07. The summed E-state index contributed by atoms with van der Waals surface area (Å²) in [5, 5.41) is 6.30. The highest BCUT2D eigenvalue weighted by molar-refractivity contribution is 9.10. The molecule has 8 heteroatoms. The van der Waals surface area contributed by atoms with Crippen LogP contribution in [0.4, 0.5) is 5.69 Å². The third-order valence-electron chi connectivity index (χ3n) is 4.15. The summed E-state index contributed by atoms with van der Waals surface area (Å²) in [6.45, 7) is 1.82. The van der Waals surface area contributed by atoms with Gasteiger partial charge in [-0.2, -0.15) is 5.10 Å².